The number of carbonyl (C=O) groups is 1. The van der Waals surface area contributed by atoms with Gasteiger partial charge in [0.15, 0.2) is 5.78 Å². The summed E-state index contributed by atoms with van der Waals surface area (Å²) in [5.74, 6) is -1.51. The summed E-state index contributed by atoms with van der Waals surface area (Å²) in [5.41, 5.74) is -0.699. The van der Waals surface area contributed by atoms with Gasteiger partial charge in [0.05, 0.1) is 12.5 Å². The molecule has 0 spiro atoms. The second-order valence-corrected chi connectivity index (χ2v) is 7.37. The van der Waals surface area contributed by atoms with E-state index in [2.05, 4.69) is 0 Å². The van der Waals surface area contributed by atoms with Crippen molar-refractivity contribution in [3.63, 3.8) is 0 Å². The summed E-state index contributed by atoms with van der Waals surface area (Å²) in [4.78, 5) is 13.1. The molecular formula is C20H20O8. The molecule has 0 unspecified atom stereocenters. The normalized spacial score (nSPS) is 22.6. The Hall–Kier alpha value is -2.97. The van der Waals surface area contributed by atoms with Crippen molar-refractivity contribution in [2.24, 2.45) is 0 Å². The van der Waals surface area contributed by atoms with Crippen molar-refractivity contribution >= 4 is 5.78 Å². The first kappa shape index (κ1) is 18.4. The van der Waals surface area contributed by atoms with Gasteiger partial charge in [0.2, 0.25) is 0 Å². The van der Waals surface area contributed by atoms with Gasteiger partial charge in [-0.2, -0.15) is 0 Å². The Morgan fingerprint density at radius 3 is 2.61 bits per heavy atom. The molecule has 5 N–H and O–H groups in total. The zero-order chi connectivity index (χ0) is 20.2. The number of rotatable bonds is 3. The van der Waals surface area contributed by atoms with Gasteiger partial charge in [0, 0.05) is 29.7 Å². The lowest BCUT2D eigenvalue weighted by Gasteiger charge is -2.27. The number of ether oxygens (including phenoxy) is 2. The Balaban J connectivity index is 1.73. The fraction of sp³-hybridized carbons (Fsp3) is 0.350. The Bertz CT molecular complexity index is 965. The summed E-state index contributed by atoms with van der Waals surface area (Å²) in [7, 11) is 0. The van der Waals surface area contributed by atoms with Crippen LogP contribution in [-0.2, 0) is 6.42 Å². The number of Topliss-reactive ketones (excluding diaryl/α,β-unsaturated/α-hetero) is 1. The van der Waals surface area contributed by atoms with E-state index in [4.69, 9.17) is 9.47 Å². The van der Waals surface area contributed by atoms with Gasteiger partial charge < -0.3 is 35.0 Å². The van der Waals surface area contributed by atoms with Crippen LogP contribution in [0.15, 0.2) is 24.3 Å². The fourth-order valence-electron chi connectivity index (χ4n) is 3.66. The number of aliphatic hydroxyl groups is 2. The molecule has 2 aromatic carbocycles. The van der Waals surface area contributed by atoms with Gasteiger partial charge in [-0.05, 0) is 13.0 Å². The molecule has 8 nitrogen and oxygen atoms in total. The van der Waals surface area contributed by atoms with Gasteiger partial charge in [-0.25, -0.2) is 0 Å². The number of benzene rings is 2. The van der Waals surface area contributed by atoms with E-state index in [-0.39, 0.29) is 52.9 Å². The molecule has 3 atom stereocenters. The molecule has 8 heteroatoms. The van der Waals surface area contributed by atoms with Crippen LogP contribution in [0, 0.1) is 0 Å². The minimum atomic E-state index is -1.50. The van der Waals surface area contributed by atoms with Crippen molar-refractivity contribution in [2.75, 3.05) is 13.2 Å². The SMILES string of the molecule is C[C@@](O)(CO)[C@@H]1Cc2c(cc(O)c3c2OC[C@@H](c2ccc(O)cc2O)C3=O)O1. The maximum atomic E-state index is 13.1. The number of aromatic hydroxyl groups is 3. The van der Waals surface area contributed by atoms with Crippen molar-refractivity contribution in [2.45, 2.75) is 31.0 Å². The standard InChI is InChI=1S/C20H20O8/c1-20(26,8-21)16-5-11-15(28-16)6-14(24)17-18(25)12(7-27-19(11)17)10-3-2-9(22)4-13(10)23/h2-4,6,12,16,21-24,26H,5,7-8H2,1H3/t12-,16-,20+/m0/s1. The van der Waals surface area contributed by atoms with E-state index in [9.17, 15) is 30.3 Å². The smallest absolute Gasteiger partial charge is 0.181 e. The van der Waals surface area contributed by atoms with Crippen LogP contribution in [0.2, 0.25) is 0 Å². The Morgan fingerprint density at radius 2 is 1.93 bits per heavy atom. The average molecular weight is 388 g/mol. The predicted octanol–water partition coefficient (Wildman–Crippen LogP) is 1.21. The Kier molecular flexibility index (Phi) is 4.13. The average Bonchev–Trinajstić information content (AvgIpc) is 3.07. The number of phenols is 3. The van der Waals surface area contributed by atoms with Crippen molar-refractivity contribution in [1.82, 2.24) is 0 Å². The molecule has 0 amide bonds. The zero-order valence-corrected chi connectivity index (χ0v) is 15.0. The molecule has 0 saturated heterocycles. The molecule has 2 aliphatic rings. The minimum Gasteiger partial charge on any atom is -0.508 e. The monoisotopic (exact) mass is 388 g/mol. The lowest BCUT2D eigenvalue weighted by Crippen LogP contribution is -2.45. The summed E-state index contributed by atoms with van der Waals surface area (Å²) < 4.78 is 11.4. The van der Waals surface area contributed by atoms with Crippen molar-refractivity contribution in [3.8, 4) is 28.7 Å². The van der Waals surface area contributed by atoms with Gasteiger partial charge >= 0.3 is 0 Å². The number of aliphatic hydroxyl groups excluding tert-OH is 1. The third-order valence-electron chi connectivity index (χ3n) is 5.34. The van der Waals surface area contributed by atoms with Crippen LogP contribution in [-0.4, -0.2) is 56.2 Å². The minimum absolute atomic E-state index is 0.0182. The number of hydrogen-bond acceptors (Lipinski definition) is 8. The molecule has 0 saturated carbocycles. The highest BCUT2D eigenvalue weighted by molar-refractivity contribution is 6.07. The van der Waals surface area contributed by atoms with Gasteiger partial charge in [0.25, 0.3) is 0 Å². The number of phenolic OH excluding ortho intramolecular Hbond substituents is 3. The van der Waals surface area contributed by atoms with Crippen LogP contribution in [0.25, 0.3) is 0 Å². The Morgan fingerprint density at radius 1 is 1.18 bits per heavy atom. The first-order chi connectivity index (χ1) is 13.2. The van der Waals surface area contributed by atoms with Crippen LogP contribution >= 0.6 is 0 Å². The van der Waals surface area contributed by atoms with Crippen molar-refractivity contribution in [1.29, 1.82) is 0 Å². The van der Waals surface area contributed by atoms with Gasteiger partial charge in [-0.3, -0.25) is 4.79 Å². The van der Waals surface area contributed by atoms with Crippen molar-refractivity contribution < 1.29 is 39.8 Å². The molecule has 148 valence electrons. The number of carbonyl (C=O) groups excluding carboxylic acids is 1. The molecule has 28 heavy (non-hydrogen) atoms. The van der Waals surface area contributed by atoms with Crippen molar-refractivity contribution in [3.05, 3.63) is 41.0 Å². The first-order valence-corrected chi connectivity index (χ1v) is 8.80. The maximum Gasteiger partial charge on any atom is 0.181 e. The molecular weight excluding hydrogens is 368 g/mol. The van der Waals surface area contributed by atoms with Crippen LogP contribution in [0.4, 0.5) is 0 Å². The number of ketones is 1. The molecule has 2 aromatic rings. The van der Waals surface area contributed by atoms with Crippen LogP contribution in [0.1, 0.15) is 34.3 Å². The summed E-state index contributed by atoms with van der Waals surface area (Å²) >= 11 is 0. The fourth-order valence-corrected chi connectivity index (χ4v) is 3.66. The van der Waals surface area contributed by atoms with E-state index in [1.807, 2.05) is 0 Å². The molecule has 0 bridgehead atoms. The summed E-state index contributed by atoms with van der Waals surface area (Å²) in [5, 5.41) is 49.6. The van der Waals surface area contributed by atoms with Gasteiger partial charge in [-0.15, -0.1) is 0 Å². The quantitative estimate of drug-likeness (QED) is 0.529. The topological polar surface area (TPSA) is 137 Å². The summed E-state index contributed by atoms with van der Waals surface area (Å²) in [6.07, 6.45) is -0.551. The third-order valence-corrected chi connectivity index (χ3v) is 5.34. The lowest BCUT2D eigenvalue weighted by atomic mass is 9.86. The molecule has 2 aliphatic heterocycles. The van der Waals surface area contributed by atoms with E-state index < -0.39 is 30.0 Å². The highest BCUT2D eigenvalue weighted by Crippen LogP contribution is 2.49. The van der Waals surface area contributed by atoms with Crippen LogP contribution in [0.5, 0.6) is 28.7 Å². The van der Waals surface area contributed by atoms with Gasteiger partial charge in [-0.1, -0.05) is 6.07 Å². The first-order valence-electron chi connectivity index (χ1n) is 8.80. The summed E-state index contributed by atoms with van der Waals surface area (Å²) in [6, 6.07) is 5.22. The zero-order valence-electron chi connectivity index (χ0n) is 15.0. The van der Waals surface area contributed by atoms with E-state index in [1.165, 1.54) is 25.1 Å². The highest BCUT2D eigenvalue weighted by Gasteiger charge is 2.43. The maximum absolute atomic E-state index is 13.1. The predicted molar refractivity (Wildman–Crippen MR) is 96.3 cm³/mol. The third kappa shape index (κ3) is 2.73. The van der Waals surface area contributed by atoms with E-state index in [1.54, 1.807) is 0 Å². The van der Waals surface area contributed by atoms with E-state index in [0.29, 0.717) is 5.56 Å². The Labute approximate surface area is 160 Å². The second-order valence-electron chi connectivity index (χ2n) is 7.37. The molecule has 0 aromatic heterocycles. The molecule has 0 radical (unpaired) electrons. The number of fused-ring (bicyclic) bond motifs is 3. The second kappa shape index (κ2) is 6.29. The van der Waals surface area contributed by atoms with Gasteiger partial charge in [0.1, 0.15) is 52.6 Å². The number of hydrogen-bond donors (Lipinski definition) is 5. The van der Waals surface area contributed by atoms with E-state index in [0.717, 1.165) is 6.07 Å². The van der Waals surface area contributed by atoms with E-state index >= 15 is 0 Å². The summed E-state index contributed by atoms with van der Waals surface area (Å²) in [6.45, 7) is 0.856. The molecule has 0 aliphatic carbocycles. The molecule has 0 fully saturated rings. The molecule has 2 heterocycles. The van der Waals surface area contributed by atoms with Crippen LogP contribution < -0.4 is 9.47 Å². The lowest BCUT2D eigenvalue weighted by molar-refractivity contribution is -0.0730. The largest absolute Gasteiger partial charge is 0.508 e. The highest BCUT2D eigenvalue weighted by atomic mass is 16.5. The molecule has 4 rings (SSSR count). The van der Waals surface area contributed by atoms with Crippen LogP contribution in [0.3, 0.4) is 0 Å².